The van der Waals surface area contributed by atoms with Crippen molar-refractivity contribution in [2.24, 2.45) is 5.10 Å². The van der Waals surface area contributed by atoms with Crippen LogP contribution in [-0.4, -0.2) is 41.2 Å². The third-order valence-corrected chi connectivity index (χ3v) is 5.33. The third-order valence-electron chi connectivity index (χ3n) is 5.33. The lowest BCUT2D eigenvalue weighted by Crippen LogP contribution is -2.36. The van der Waals surface area contributed by atoms with Gasteiger partial charge in [0.2, 0.25) is 0 Å². The van der Waals surface area contributed by atoms with Crippen LogP contribution >= 0.6 is 0 Å². The van der Waals surface area contributed by atoms with Gasteiger partial charge in [0, 0.05) is 12.5 Å². The van der Waals surface area contributed by atoms with Gasteiger partial charge in [0.15, 0.2) is 0 Å². The molecule has 2 aliphatic heterocycles. The minimum atomic E-state index is 0.107. The maximum Gasteiger partial charge on any atom is 0.256 e. The summed E-state index contributed by atoms with van der Waals surface area (Å²) in [6.45, 7) is 4.24. The summed E-state index contributed by atoms with van der Waals surface area (Å²) >= 11 is 0. The van der Waals surface area contributed by atoms with E-state index in [9.17, 15) is 4.79 Å². The molecule has 1 unspecified atom stereocenters. The highest BCUT2D eigenvalue weighted by molar-refractivity contribution is 6.02. The first-order valence-corrected chi connectivity index (χ1v) is 9.44. The Kier molecular flexibility index (Phi) is 4.85. The number of hydrogen-bond acceptors (Lipinski definition) is 3. The molecule has 1 atom stereocenters. The molecule has 134 valence electrons. The van der Waals surface area contributed by atoms with Crippen molar-refractivity contribution in [3.05, 3.63) is 71.3 Å². The predicted octanol–water partition coefficient (Wildman–Crippen LogP) is 3.77. The van der Waals surface area contributed by atoms with Gasteiger partial charge in [-0.1, -0.05) is 60.2 Å². The number of carbonyl (C=O) groups is 1. The molecule has 0 aromatic heterocycles. The molecule has 0 saturated carbocycles. The summed E-state index contributed by atoms with van der Waals surface area (Å²) in [5, 5.41) is 6.25. The monoisotopic (exact) mass is 347 g/mol. The van der Waals surface area contributed by atoms with Crippen molar-refractivity contribution in [1.29, 1.82) is 0 Å². The van der Waals surface area contributed by atoms with Gasteiger partial charge in [-0.3, -0.25) is 9.69 Å². The van der Waals surface area contributed by atoms with Crippen LogP contribution in [0.15, 0.2) is 59.7 Å². The van der Waals surface area contributed by atoms with Gasteiger partial charge < -0.3 is 0 Å². The summed E-state index contributed by atoms with van der Waals surface area (Å²) in [7, 11) is 0. The minimum Gasteiger partial charge on any atom is -0.287 e. The Bertz CT molecular complexity index is 815. The molecule has 0 N–H and O–H groups in total. The second-order valence-corrected chi connectivity index (χ2v) is 7.22. The van der Waals surface area contributed by atoms with Crippen molar-refractivity contribution in [2.45, 2.75) is 32.2 Å². The van der Waals surface area contributed by atoms with Crippen LogP contribution < -0.4 is 0 Å². The standard InChI is InChI=1S/C22H25N3O/c1-17-7-5-10-19(15-17)21-11-6-13-24(21)16-22(26)25-14-12-20(23-25)18-8-3-2-4-9-18/h2-5,7-10,15,21H,6,11-14,16H2,1H3. The van der Waals surface area contributed by atoms with Gasteiger partial charge in [0.05, 0.1) is 18.8 Å². The zero-order chi connectivity index (χ0) is 17.9. The Morgan fingerprint density at radius 2 is 1.96 bits per heavy atom. The Balaban J connectivity index is 1.44. The number of nitrogens with zero attached hydrogens (tertiary/aromatic N) is 3. The molecular weight excluding hydrogens is 322 g/mol. The lowest BCUT2D eigenvalue weighted by Gasteiger charge is -2.25. The van der Waals surface area contributed by atoms with Gasteiger partial charge in [-0.05, 0) is 37.4 Å². The van der Waals surface area contributed by atoms with Gasteiger partial charge in [0.25, 0.3) is 5.91 Å². The van der Waals surface area contributed by atoms with Crippen molar-refractivity contribution in [2.75, 3.05) is 19.6 Å². The van der Waals surface area contributed by atoms with E-state index in [1.165, 1.54) is 11.1 Å². The van der Waals surface area contributed by atoms with Gasteiger partial charge in [0.1, 0.15) is 0 Å². The summed E-state index contributed by atoms with van der Waals surface area (Å²) in [6, 6.07) is 19.1. The summed E-state index contributed by atoms with van der Waals surface area (Å²) < 4.78 is 0. The van der Waals surface area contributed by atoms with Crippen LogP contribution in [0, 0.1) is 6.92 Å². The summed E-state index contributed by atoms with van der Waals surface area (Å²) in [6.07, 6.45) is 3.09. The molecule has 2 aliphatic rings. The third kappa shape index (κ3) is 3.56. The first-order valence-electron chi connectivity index (χ1n) is 9.44. The van der Waals surface area contributed by atoms with Crippen LogP contribution in [0.3, 0.4) is 0 Å². The number of hydrogen-bond donors (Lipinski definition) is 0. The van der Waals surface area contributed by atoms with E-state index in [-0.39, 0.29) is 5.91 Å². The largest absolute Gasteiger partial charge is 0.287 e. The fourth-order valence-corrected chi connectivity index (χ4v) is 4.00. The van der Waals surface area contributed by atoms with E-state index in [1.807, 2.05) is 18.2 Å². The highest BCUT2D eigenvalue weighted by Crippen LogP contribution is 2.32. The quantitative estimate of drug-likeness (QED) is 0.844. The van der Waals surface area contributed by atoms with E-state index < -0.39 is 0 Å². The van der Waals surface area contributed by atoms with Crippen LogP contribution in [0.25, 0.3) is 0 Å². The topological polar surface area (TPSA) is 35.9 Å². The average Bonchev–Trinajstić information content (AvgIpc) is 3.32. The second-order valence-electron chi connectivity index (χ2n) is 7.22. The Hall–Kier alpha value is -2.46. The van der Waals surface area contributed by atoms with Gasteiger partial charge >= 0.3 is 0 Å². The Morgan fingerprint density at radius 3 is 2.77 bits per heavy atom. The van der Waals surface area contributed by atoms with Crippen molar-refractivity contribution in [3.8, 4) is 0 Å². The van der Waals surface area contributed by atoms with Crippen LogP contribution in [0.5, 0.6) is 0 Å². The highest BCUT2D eigenvalue weighted by Gasteiger charge is 2.30. The second kappa shape index (κ2) is 7.42. The zero-order valence-electron chi connectivity index (χ0n) is 15.3. The number of carbonyl (C=O) groups excluding carboxylic acids is 1. The van der Waals surface area contributed by atoms with E-state index in [4.69, 9.17) is 0 Å². The first-order chi connectivity index (χ1) is 12.7. The van der Waals surface area contributed by atoms with E-state index in [2.05, 4.69) is 53.3 Å². The normalized spacial score (nSPS) is 20.4. The van der Waals surface area contributed by atoms with Gasteiger partial charge in [-0.15, -0.1) is 0 Å². The molecule has 0 bridgehead atoms. The van der Waals surface area contributed by atoms with E-state index >= 15 is 0 Å². The fourth-order valence-electron chi connectivity index (χ4n) is 4.00. The summed E-state index contributed by atoms with van der Waals surface area (Å²) in [5.41, 5.74) is 4.72. The maximum atomic E-state index is 12.8. The van der Waals surface area contributed by atoms with Crippen LogP contribution in [0.4, 0.5) is 0 Å². The zero-order valence-corrected chi connectivity index (χ0v) is 15.3. The average molecular weight is 347 g/mol. The number of aryl methyl sites for hydroxylation is 1. The SMILES string of the molecule is Cc1cccc(C2CCCN2CC(=O)N2CCC(c3ccccc3)=N2)c1. The lowest BCUT2D eigenvalue weighted by atomic mass is 10.0. The fraction of sp³-hybridized carbons (Fsp3) is 0.364. The molecule has 2 aromatic carbocycles. The van der Waals surface area contributed by atoms with Crippen molar-refractivity contribution >= 4 is 11.6 Å². The summed E-state index contributed by atoms with van der Waals surface area (Å²) in [5.74, 6) is 0.107. The minimum absolute atomic E-state index is 0.107. The smallest absolute Gasteiger partial charge is 0.256 e. The number of benzene rings is 2. The van der Waals surface area contributed by atoms with Crippen LogP contribution in [0.2, 0.25) is 0 Å². The molecule has 26 heavy (non-hydrogen) atoms. The molecule has 0 radical (unpaired) electrons. The van der Waals surface area contributed by atoms with E-state index in [0.29, 0.717) is 19.1 Å². The maximum absolute atomic E-state index is 12.8. The molecule has 2 aromatic rings. The highest BCUT2D eigenvalue weighted by atomic mass is 16.2. The van der Waals surface area contributed by atoms with Crippen molar-refractivity contribution in [1.82, 2.24) is 9.91 Å². The molecule has 1 amide bonds. The molecule has 4 rings (SSSR count). The van der Waals surface area contributed by atoms with E-state index in [1.54, 1.807) is 5.01 Å². The van der Waals surface area contributed by atoms with Crippen LogP contribution in [0.1, 0.15) is 42.0 Å². The van der Waals surface area contributed by atoms with Gasteiger partial charge in [-0.25, -0.2) is 5.01 Å². The molecule has 4 nitrogen and oxygen atoms in total. The lowest BCUT2D eigenvalue weighted by molar-refractivity contribution is -0.132. The molecule has 4 heteroatoms. The number of likely N-dealkylation sites (tertiary alicyclic amines) is 1. The predicted molar refractivity (Wildman–Crippen MR) is 104 cm³/mol. The number of rotatable bonds is 4. The summed E-state index contributed by atoms with van der Waals surface area (Å²) in [4.78, 5) is 15.1. The molecule has 0 spiro atoms. The van der Waals surface area contributed by atoms with Crippen LogP contribution in [-0.2, 0) is 4.79 Å². The van der Waals surface area contributed by atoms with Gasteiger partial charge in [-0.2, -0.15) is 5.10 Å². The molecule has 1 fully saturated rings. The molecule has 2 heterocycles. The number of hydrazone groups is 1. The number of amides is 1. The van der Waals surface area contributed by atoms with Crippen molar-refractivity contribution < 1.29 is 4.79 Å². The van der Waals surface area contributed by atoms with Crippen molar-refractivity contribution in [3.63, 3.8) is 0 Å². The molecule has 0 aliphatic carbocycles. The first kappa shape index (κ1) is 17.0. The molecular formula is C22H25N3O. The molecule has 1 saturated heterocycles. The Labute approximate surface area is 155 Å². The van der Waals surface area contributed by atoms with E-state index in [0.717, 1.165) is 37.1 Å². The Morgan fingerprint density at radius 1 is 1.12 bits per heavy atom.